The highest BCUT2D eigenvalue weighted by molar-refractivity contribution is 7.89. The molecule has 1 atom stereocenters. The van der Waals surface area contributed by atoms with Crippen molar-refractivity contribution in [1.29, 1.82) is 0 Å². The third-order valence-electron chi connectivity index (χ3n) is 2.57. The zero-order chi connectivity index (χ0) is 13.8. The third kappa shape index (κ3) is 5.36. The van der Waals surface area contributed by atoms with Gasteiger partial charge in [0.15, 0.2) is 0 Å². The Hall–Kier alpha value is -0.820. The summed E-state index contributed by atoms with van der Waals surface area (Å²) in [6.07, 6.45) is 0.606. The molecule has 0 radical (unpaired) electrons. The Morgan fingerprint density at radius 2 is 2.05 bits per heavy atom. The van der Waals surface area contributed by atoms with E-state index in [1.54, 1.807) is 26.2 Å². The molecular weight excluding hydrogens is 288 g/mol. The van der Waals surface area contributed by atoms with Crippen LogP contribution in [0.2, 0.25) is 0 Å². The van der Waals surface area contributed by atoms with Crippen molar-refractivity contribution in [2.75, 3.05) is 13.7 Å². The zero-order valence-corrected chi connectivity index (χ0v) is 13.0. The Morgan fingerprint density at radius 3 is 2.53 bits per heavy atom. The number of hydrogen-bond acceptors (Lipinski definition) is 4. The van der Waals surface area contributed by atoms with E-state index in [9.17, 15) is 8.42 Å². The van der Waals surface area contributed by atoms with Crippen molar-refractivity contribution < 1.29 is 13.2 Å². The number of aryl methyl sites for hydroxylation is 1. The van der Waals surface area contributed by atoms with Crippen LogP contribution in [0.15, 0.2) is 23.1 Å². The van der Waals surface area contributed by atoms with Crippen molar-refractivity contribution in [3.05, 3.63) is 23.8 Å². The molecule has 5 nitrogen and oxygen atoms in total. The van der Waals surface area contributed by atoms with Crippen LogP contribution < -0.4 is 15.2 Å². The number of halogens is 1. The van der Waals surface area contributed by atoms with Crippen LogP contribution in [0, 0.1) is 6.92 Å². The number of rotatable bonds is 6. The molecule has 7 heteroatoms. The van der Waals surface area contributed by atoms with Crippen molar-refractivity contribution >= 4 is 22.4 Å². The van der Waals surface area contributed by atoms with Gasteiger partial charge in [-0.15, -0.1) is 12.4 Å². The van der Waals surface area contributed by atoms with E-state index in [2.05, 4.69) is 4.72 Å². The first-order valence-electron chi connectivity index (χ1n) is 5.76. The fourth-order valence-electron chi connectivity index (χ4n) is 1.52. The van der Waals surface area contributed by atoms with E-state index in [1.807, 2.05) is 6.92 Å². The fourth-order valence-corrected chi connectivity index (χ4v) is 2.65. The van der Waals surface area contributed by atoms with E-state index in [1.165, 1.54) is 6.07 Å². The van der Waals surface area contributed by atoms with Gasteiger partial charge in [-0.3, -0.25) is 0 Å². The summed E-state index contributed by atoms with van der Waals surface area (Å²) in [5.74, 6) is 0.671. The van der Waals surface area contributed by atoms with Gasteiger partial charge in [-0.2, -0.15) is 0 Å². The quantitative estimate of drug-likeness (QED) is 0.833. The Bertz CT molecular complexity index is 504. The molecule has 0 saturated heterocycles. The molecule has 0 aliphatic heterocycles. The number of nitrogens with one attached hydrogen (secondary N) is 1. The minimum absolute atomic E-state index is 0. The fraction of sp³-hybridized carbons (Fsp3) is 0.500. The van der Waals surface area contributed by atoms with E-state index >= 15 is 0 Å². The standard InChI is InChI=1S/C12H20N2O3S.ClH/c1-9-8-11(4-5-12(9)17-3)18(15,16)14-7-6-10(2)13;/h4-5,8,10,14H,6-7,13H2,1-3H3;1H. The van der Waals surface area contributed by atoms with Crippen LogP contribution in [0.1, 0.15) is 18.9 Å². The summed E-state index contributed by atoms with van der Waals surface area (Å²) < 4.78 is 31.6. The Balaban J connectivity index is 0.00000324. The highest BCUT2D eigenvalue weighted by Crippen LogP contribution is 2.21. The molecule has 0 aromatic heterocycles. The number of hydrogen-bond donors (Lipinski definition) is 2. The summed E-state index contributed by atoms with van der Waals surface area (Å²) in [7, 11) is -1.91. The van der Waals surface area contributed by atoms with Gasteiger partial charge < -0.3 is 10.5 Å². The zero-order valence-electron chi connectivity index (χ0n) is 11.3. The maximum absolute atomic E-state index is 12.0. The average Bonchev–Trinajstić information content (AvgIpc) is 2.28. The van der Waals surface area contributed by atoms with Gasteiger partial charge in [0.05, 0.1) is 12.0 Å². The van der Waals surface area contributed by atoms with Gasteiger partial charge in [-0.1, -0.05) is 0 Å². The van der Waals surface area contributed by atoms with Crippen molar-refractivity contribution in [3.8, 4) is 5.75 Å². The Kier molecular flexibility index (Phi) is 7.36. The van der Waals surface area contributed by atoms with Crippen molar-refractivity contribution in [1.82, 2.24) is 4.72 Å². The van der Waals surface area contributed by atoms with Gasteiger partial charge in [0.2, 0.25) is 10.0 Å². The van der Waals surface area contributed by atoms with Gasteiger partial charge in [-0.25, -0.2) is 13.1 Å². The molecule has 1 aromatic carbocycles. The van der Waals surface area contributed by atoms with Crippen LogP contribution >= 0.6 is 12.4 Å². The summed E-state index contributed by atoms with van der Waals surface area (Å²) >= 11 is 0. The first kappa shape index (κ1) is 18.2. The molecule has 0 aliphatic carbocycles. The number of nitrogens with two attached hydrogens (primary N) is 1. The van der Waals surface area contributed by atoms with E-state index in [0.717, 1.165) is 5.56 Å². The molecule has 19 heavy (non-hydrogen) atoms. The lowest BCUT2D eigenvalue weighted by molar-refractivity contribution is 0.411. The molecule has 1 aromatic rings. The van der Waals surface area contributed by atoms with Gasteiger partial charge in [0.1, 0.15) is 5.75 Å². The van der Waals surface area contributed by atoms with Crippen molar-refractivity contribution in [3.63, 3.8) is 0 Å². The summed E-state index contributed by atoms with van der Waals surface area (Å²) in [4.78, 5) is 0.241. The van der Waals surface area contributed by atoms with Crippen LogP contribution in [0.4, 0.5) is 0 Å². The summed E-state index contributed by atoms with van der Waals surface area (Å²) in [5, 5.41) is 0. The topological polar surface area (TPSA) is 81.4 Å². The normalized spacial score (nSPS) is 12.6. The molecule has 0 bridgehead atoms. The first-order chi connectivity index (χ1) is 8.36. The number of sulfonamides is 1. The van der Waals surface area contributed by atoms with E-state index < -0.39 is 10.0 Å². The third-order valence-corrected chi connectivity index (χ3v) is 4.03. The highest BCUT2D eigenvalue weighted by Gasteiger charge is 2.14. The molecule has 0 aliphatic rings. The van der Waals surface area contributed by atoms with Gasteiger partial charge in [0.25, 0.3) is 0 Å². The number of ether oxygens (including phenoxy) is 1. The van der Waals surface area contributed by atoms with Crippen LogP contribution in [0.5, 0.6) is 5.75 Å². The molecule has 0 heterocycles. The Labute approximate surface area is 121 Å². The highest BCUT2D eigenvalue weighted by atomic mass is 35.5. The van der Waals surface area contributed by atoms with Crippen molar-refractivity contribution in [2.24, 2.45) is 5.73 Å². The molecule has 3 N–H and O–H groups in total. The predicted octanol–water partition coefficient (Wildman–Crippen LogP) is 1.44. The van der Waals surface area contributed by atoms with E-state index in [0.29, 0.717) is 18.7 Å². The average molecular weight is 309 g/mol. The molecule has 0 saturated carbocycles. The summed E-state index contributed by atoms with van der Waals surface area (Å²) in [6, 6.07) is 4.74. The lowest BCUT2D eigenvalue weighted by Crippen LogP contribution is -2.29. The van der Waals surface area contributed by atoms with Crippen LogP contribution in [-0.4, -0.2) is 28.1 Å². The molecule has 110 valence electrons. The molecule has 0 spiro atoms. The summed E-state index contributed by atoms with van der Waals surface area (Å²) in [6.45, 7) is 3.98. The largest absolute Gasteiger partial charge is 0.496 e. The minimum Gasteiger partial charge on any atom is -0.496 e. The van der Waals surface area contributed by atoms with Crippen LogP contribution in [0.3, 0.4) is 0 Å². The Morgan fingerprint density at radius 1 is 1.42 bits per heavy atom. The minimum atomic E-state index is -3.46. The summed E-state index contributed by atoms with van der Waals surface area (Å²) in [5.41, 5.74) is 6.36. The van der Waals surface area contributed by atoms with Crippen LogP contribution in [-0.2, 0) is 10.0 Å². The molecule has 0 amide bonds. The monoisotopic (exact) mass is 308 g/mol. The lowest BCUT2D eigenvalue weighted by atomic mass is 10.2. The molecular formula is C12H21ClN2O3S. The SMILES string of the molecule is COc1ccc(S(=O)(=O)NCCC(C)N)cc1C.Cl. The molecule has 0 fully saturated rings. The number of methoxy groups -OCH3 is 1. The molecule has 1 rings (SSSR count). The van der Waals surface area contributed by atoms with E-state index in [-0.39, 0.29) is 23.3 Å². The second-order valence-electron chi connectivity index (χ2n) is 4.30. The van der Waals surface area contributed by atoms with Gasteiger partial charge >= 0.3 is 0 Å². The predicted molar refractivity (Wildman–Crippen MR) is 78.4 cm³/mol. The second-order valence-corrected chi connectivity index (χ2v) is 6.06. The first-order valence-corrected chi connectivity index (χ1v) is 7.25. The lowest BCUT2D eigenvalue weighted by Gasteiger charge is -2.10. The maximum Gasteiger partial charge on any atom is 0.240 e. The van der Waals surface area contributed by atoms with Gasteiger partial charge in [0, 0.05) is 12.6 Å². The van der Waals surface area contributed by atoms with Crippen LogP contribution in [0.25, 0.3) is 0 Å². The van der Waals surface area contributed by atoms with Crippen molar-refractivity contribution in [2.45, 2.75) is 31.2 Å². The second kappa shape index (κ2) is 7.69. The van der Waals surface area contributed by atoms with E-state index in [4.69, 9.17) is 10.5 Å². The maximum atomic E-state index is 12.0. The molecule has 1 unspecified atom stereocenters. The smallest absolute Gasteiger partial charge is 0.240 e. The number of benzene rings is 1. The van der Waals surface area contributed by atoms with Gasteiger partial charge in [-0.05, 0) is 44.0 Å².